The second-order valence-electron chi connectivity index (χ2n) is 10.2. The highest BCUT2D eigenvalue weighted by Crippen LogP contribution is 2.24. The van der Waals surface area contributed by atoms with E-state index in [-0.39, 0.29) is 0 Å². The number of benzene rings is 2. The largest absolute Gasteiger partial charge is 0.329 e. The van der Waals surface area contributed by atoms with Crippen LogP contribution < -0.4 is 5.32 Å². The van der Waals surface area contributed by atoms with Crippen molar-refractivity contribution in [3.8, 4) is 0 Å². The Morgan fingerprint density at radius 2 is 1.15 bits per heavy atom. The van der Waals surface area contributed by atoms with Crippen LogP contribution >= 0.6 is 0 Å². The summed E-state index contributed by atoms with van der Waals surface area (Å²) >= 11 is 0. The van der Waals surface area contributed by atoms with E-state index < -0.39 is 8.07 Å². The second-order valence-corrected chi connectivity index (χ2v) is 15.4. The van der Waals surface area contributed by atoms with Gasteiger partial charge in [0.1, 0.15) is 19.4 Å². The molecule has 0 bridgehead atoms. The van der Waals surface area contributed by atoms with Gasteiger partial charge in [-0.1, -0.05) is 99.6 Å². The van der Waals surface area contributed by atoms with Crippen LogP contribution in [0.15, 0.2) is 116 Å². The Labute approximate surface area is 233 Å². The minimum Gasteiger partial charge on any atom is -0.329 e. The SMILES string of the molecule is CC[Si](CC)(CC)c1cc2cccnc2n1Cc1ccccc1.c1ccc(Cn2ccc3cccnc32)cc1. The van der Waals surface area contributed by atoms with E-state index in [4.69, 9.17) is 4.98 Å². The number of pyridine rings is 2. The summed E-state index contributed by atoms with van der Waals surface area (Å²) in [5, 5.41) is 4.05. The number of hydrogen-bond acceptors (Lipinski definition) is 2. The fourth-order valence-electron chi connectivity index (χ4n) is 5.67. The van der Waals surface area contributed by atoms with Crippen LogP contribution in [0.5, 0.6) is 0 Å². The maximum absolute atomic E-state index is 4.70. The lowest BCUT2D eigenvalue weighted by molar-refractivity contribution is 0.825. The van der Waals surface area contributed by atoms with Crippen molar-refractivity contribution in [2.75, 3.05) is 0 Å². The van der Waals surface area contributed by atoms with Gasteiger partial charge in [0.15, 0.2) is 0 Å². The van der Waals surface area contributed by atoms with Crippen molar-refractivity contribution < 1.29 is 0 Å². The molecule has 0 atom stereocenters. The van der Waals surface area contributed by atoms with Gasteiger partial charge >= 0.3 is 0 Å². The van der Waals surface area contributed by atoms with Gasteiger partial charge in [-0.25, -0.2) is 9.97 Å². The number of nitrogens with zero attached hydrogens (tertiary/aromatic N) is 4. The van der Waals surface area contributed by atoms with Gasteiger partial charge in [-0.05, 0) is 47.5 Å². The highest BCUT2D eigenvalue weighted by molar-refractivity contribution is 6.91. The monoisotopic (exact) mass is 530 g/mol. The summed E-state index contributed by atoms with van der Waals surface area (Å²) in [6.07, 6.45) is 5.84. The molecule has 0 aliphatic rings. The molecule has 0 spiro atoms. The van der Waals surface area contributed by atoms with E-state index in [1.165, 1.54) is 40.0 Å². The van der Waals surface area contributed by atoms with Crippen molar-refractivity contribution in [2.24, 2.45) is 0 Å². The Morgan fingerprint density at radius 1 is 0.590 bits per heavy atom. The second kappa shape index (κ2) is 12.3. The predicted molar refractivity (Wildman–Crippen MR) is 167 cm³/mol. The van der Waals surface area contributed by atoms with Crippen LogP contribution in [0.25, 0.3) is 22.1 Å². The van der Waals surface area contributed by atoms with Gasteiger partial charge in [-0.15, -0.1) is 0 Å². The van der Waals surface area contributed by atoms with Crippen molar-refractivity contribution >= 4 is 35.5 Å². The van der Waals surface area contributed by atoms with Crippen LogP contribution in [0.3, 0.4) is 0 Å². The lowest BCUT2D eigenvalue weighted by Gasteiger charge is -2.29. The molecule has 0 N–H and O–H groups in total. The lowest BCUT2D eigenvalue weighted by Crippen LogP contribution is -2.49. The fourth-order valence-corrected chi connectivity index (χ4v) is 9.48. The van der Waals surface area contributed by atoms with Crippen LogP contribution in [-0.4, -0.2) is 27.2 Å². The van der Waals surface area contributed by atoms with Crippen molar-refractivity contribution in [3.05, 3.63) is 127 Å². The third-order valence-corrected chi connectivity index (χ3v) is 13.7. The molecule has 0 radical (unpaired) electrons. The summed E-state index contributed by atoms with van der Waals surface area (Å²) in [4.78, 5) is 9.10. The normalized spacial score (nSPS) is 11.5. The predicted octanol–water partition coefficient (Wildman–Crippen LogP) is 7.88. The maximum atomic E-state index is 4.70. The molecule has 6 aromatic rings. The minimum absolute atomic E-state index is 0.876. The Morgan fingerprint density at radius 3 is 1.77 bits per heavy atom. The first kappa shape index (κ1) is 26.6. The first-order valence-electron chi connectivity index (χ1n) is 14.1. The average Bonchev–Trinajstić information content (AvgIpc) is 3.58. The number of fused-ring (bicyclic) bond motifs is 2. The zero-order valence-corrected chi connectivity index (χ0v) is 24.3. The number of rotatable bonds is 8. The van der Waals surface area contributed by atoms with Crippen LogP contribution in [-0.2, 0) is 13.1 Å². The smallest absolute Gasteiger partial charge is 0.140 e. The quantitative estimate of drug-likeness (QED) is 0.188. The van der Waals surface area contributed by atoms with Crippen LogP contribution in [0.2, 0.25) is 18.1 Å². The topological polar surface area (TPSA) is 35.6 Å². The summed E-state index contributed by atoms with van der Waals surface area (Å²) < 4.78 is 4.66. The van der Waals surface area contributed by atoms with Gasteiger partial charge in [0, 0.05) is 47.8 Å². The molecule has 5 heteroatoms. The standard InChI is InChI=1S/C20H26N2Si.C14H12N2/c1-4-23(5-2,6-3)19-15-18-13-10-14-21-20(18)22(19)16-17-11-8-7-9-12-17;1-2-5-12(6-3-1)11-16-10-8-13-7-4-9-15-14(13)16/h7-15H,4-6,16H2,1-3H3;1-10H,11H2. The van der Waals surface area contributed by atoms with Gasteiger partial charge in [0.05, 0.1) is 0 Å². The Hall–Kier alpha value is -3.96. The molecule has 0 amide bonds. The Bertz CT molecular complexity index is 1610. The van der Waals surface area contributed by atoms with E-state index >= 15 is 0 Å². The summed E-state index contributed by atoms with van der Waals surface area (Å²) in [7, 11) is -1.45. The highest BCUT2D eigenvalue weighted by atomic mass is 28.3. The highest BCUT2D eigenvalue weighted by Gasteiger charge is 2.33. The molecule has 0 saturated heterocycles. The van der Waals surface area contributed by atoms with Crippen LogP contribution in [0.1, 0.15) is 31.9 Å². The zero-order valence-electron chi connectivity index (χ0n) is 23.3. The van der Waals surface area contributed by atoms with E-state index in [0.29, 0.717) is 0 Å². The molecule has 198 valence electrons. The zero-order chi connectivity index (χ0) is 27.1. The molecule has 4 nitrogen and oxygen atoms in total. The van der Waals surface area contributed by atoms with Crippen molar-refractivity contribution in [2.45, 2.75) is 52.0 Å². The molecule has 4 heterocycles. The molecule has 39 heavy (non-hydrogen) atoms. The van der Waals surface area contributed by atoms with Gasteiger partial charge in [-0.2, -0.15) is 0 Å². The van der Waals surface area contributed by atoms with Gasteiger partial charge in [0.25, 0.3) is 0 Å². The maximum Gasteiger partial charge on any atom is 0.140 e. The molecule has 0 fully saturated rings. The Kier molecular flexibility index (Phi) is 8.38. The summed E-state index contributed by atoms with van der Waals surface area (Å²) in [6.45, 7) is 8.91. The number of hydrogen-bond donors (Lipinski definition) is 0. The first-order chi connectivity index (χ1) is 19.2. The Balaban J connectivity index is 0.000000168. The molecule has 0 aliphatic carbocycles. The van der Waals surface area contributed by atoms with Gasteiger partial charge in [-0.3, -0.25) is 0 Å². The molecule has 0 aliphatic heterocycles. The first-order valence-corrected chi connectivity index (χ1v) is 16.7. The third-order valence-electron chi connectivity index (χ3n) is 8.13. The fraction of sp³-hybridized carbons (Fsp3) is 0.235. The molecule has 0 saturated carbocycles. The summed E-state index contributed by atoms with van der Waals surface area (Å²) in [5.74, 6) is 0. The van der Waals surface area contributed by atoms with Gasteiger partial charge in [0.2, 0.25) is 0 Å². The molecule has 2 aromatic carbocycles. The van der Waals surface area contributed by atoms with Crippen molar-refractivity contribution in [3.63, 3.8) is 0 Å². The van der Waals surface area contributed by atoms with Crippen molar-refractivity contribution in [1.29, 1.82) is 0 Å². The van der Waals surface area contributed by atoms with E-state index in [1.807, 2.05) is 30.6 Å². The van der Waals surface area contributed by atoms with Crippen molar-refractivity contribution in [1.82, 2.24) is 19.1 Å². The lowest BCUT2D eigenvalue weighted by atomic mass is 10.2. The van der Waals surface area contributed by atoms with E-state index in [0.717, 1.165) is 24.4 Å². The molecular formula is C34H38N4Si. The average molecular weight is 531 g/mol. The van der Waals surface area contributed by atoms with Gasteiger partial charge < -0.3 is 9.13 Å². The van der Waals surface area contributed by atoms with Crippen LogP contribution in [0, 0.1) is 0 Å². The van der Waals surface area contributed by atoms with Crippen LogP contribution in [0.4, 0.5) is 0 Å². The minimum atomic E-state index is -1.45. The third kappa shape index (κ3) is 5.74. The van der Waals surface area contributed by atoms with E-state index in [9.17, 15) is 0 Å². The molecule has 4 aromatic heterocycles. The van der Waals surface area contributed by atoms with E-state index in [2.05, 4.69) is 120 Å². The summed E-state index contributed by atoms with van der Waals surface area (Å²) in [6, 6.07) is 37.9. The molecular weight excluding hydrogens is 492 g/mol. The summed E-state index contributed by atoms with van der Waals surface area (Å²) in [5.41, 5.74) is 4.83. The van der Waals surface area contributed by atoms with E-state index in [1.54, 1.807) is 5.32 Å². The number of aromatic nitrogens is 4. The molecule has 0 unspecified atom stereocenters. The molecule has 6 rings (SSSR count).